The zero-order valence-corrected chi connectivity index (χ0v) is 17.4. The maximum Gasteiger partial charge on any atom is 0.106 e. The minimum atomic E-state index is -0.143. The van der Waals surface area contributed by atoms with Gasteiger partial charge in [-0.25, -0.2) is 0 Å². The summed E-state index contributed by atoms with van der Waals surface area (Å²) in [5.74, 6) is 0. The quantitative estimate of drug-likeness (QED) is 0.596. The number of aryl methyl sites for hydroxylation is 1. The van der Waals surface area contributed by atoms with Crippen LogP contribution in [-0.4, -0.2) is 17.8 Å². The van der Waals surface area contributed by atoms with E-state index in [9.17, 15) is 0 Å². The second kappa shape index (κ2) is 7.69. The minimum Gasteiger partial charge on any atom is -0.399 e. The highest BCUT2D eigenvalue weighted by Gasteiger charge is 2.34. The van der Waals surface area contributed by atoms with Crippen LogP contribution >= 0.6 is 0 Å². The van der Waals surface area contributed by atoms with Crippen molar-refractivity contribution in [1.82, 2.24) is 4.98 Å². The number of nitrogens with two attached hydrogens (primary N) is 1. The standard InChI is InChI=1S/C26H27N3O/c1-30-29-24-10-5-9-23-22(24)17-21(18-7-3-2-4-8-18)25(28-23)19-11-13-20(14-12-19)26(27)15-6-16-26/h2-4,7-8,11-14,17H,5-6,9-10,15-16,27H2,1H3/b29-24+. The van der Waals surface area contributed by atoms with Crippen LogP contribution in [0.3, 0.4) is 0 Å². The number of fused-ring (bicyclic) bond motifs is 1. The fourth-order valence-corrected chi connectivity index (χ4v) is 4.62. The van der Waals surface area contributed by atoms with Gasteiger partial charge in [0.25, 0.3) is 0 Å². The number of benzene rings is 2. The van der Waals surface area contributed by atoms with Crippen molar-refractivity contribution < 1.29 is 4.84 Å². The Balaban J connectivity index is 1.64. The van der Waals surface area contributed by atoms with Crippen LogP contribution < -0.4 is 5.73 Å². The fraction of sp³-hybridized carbons (Fsp3) is 0.308. The summed E-state index contributed by atoms with van der Waals surface area (Å²) >= 11 is 0. The first kappa shape index (κ1) is 19.0. The molecule has 0 aliphatic heterocycles. The third kappa shape index (κ3) is 3.31. The van der Waals surface area contributed by atoms with E-state index in [2.05, 4.69) is 59.8 Å². The van der Waals surface area contributed by atoms with E-state index in [0.29, 0.717) is 0 Å². The van der Waals surface area contributed by atoms with Gasteiger partial charge < -0.3 is 10.6 Å². The Hall–Kier alpha value is -2.98. The maximum absolute atomic E-state index is 6.53. The van der Waals surface area contributed by atoms with Gasteiger partial charge in [0.1, 0.15) is 7.11 Å². The van der Waals surface area contributed by atoms with Gasteiger partial charge in [-0.05, 0) is 55.7 Å². The van der Waals surface area contributed by atoms with Crippen LogP contribution in [0.25, 0.3) is 22.4 Å². The van der Waals surface area contributed by atoms with Gasteiger partial charge in [0, 0.05) is 22.2 Å². The number of pyridine rings is 1. The Kier molecular flexibility index (Phi) is 4.87. The maximum atomic E-state index is 6.53. The first-order valence-electron chi connectivity index (χ1n) is 10.8. The highest BCUT2D eigenvalue weighted by Crippen LogP contribution is 2.40. The van der Waals surface area contributed by atoms with Crippen LogP contribution in [0.1, 0.15) is 48.9 Å². The van der Waals surface area contributed by atoms with Gasteiger partial charge in [-0.15, -0.1) is 0 Å². The van der Waals surface area contributed by atoms with Crippen molar-refractivity contribution in [2.75, 3.05) is 7.11 Å². The molecule has 2 aromatic carbocycles. The molecule has 2 aliphatic rings. The molecular weight excluding hydrogens is 370 g/mol. The molecule has 0 radical (unpaired) electrons. The molecule has 30 heavy (non-hydrogen) atoms. The zero-order valence-electron chi connectivity index (χ0n) is 17.4. The molecule has 1 saturated carbocycles. The van der Waals surface area contributed by atoms with Gasteiger partial charge in [0.15, 0.2) is 0 Å². The van der Waals surface area contributed by atoms with Crippen LogP contribution in [0.15, 0.2) is 65.8 Å². The summed E-state index contributed by atoms with van der Waals surface area (Å²) in [6, 6.07) is 21.4. The van der Waals surface area contributed by atoms with Crippen LogP contribution in [0.5, 0.6) is 0 Å². The molecule has 2 aliphatic carbocycles. The number of hydrogen-bond acceptors (Lipinski definition) is 4. The Labute approximate surface area is 177 Å². The summed E-state index contributed by atoms with van der Waals surface area (Å²) < 4.78 is 0. The SMILES string of the molecule is CO/N=C1\CCCc2nc(-c3ccc(C4(N)CCC4)cc3)c(-c3ccccc3)cc21. The predicted octanol–water partition coefficient (Wildman–Crippen LogP) is 5.44. The minimum absolute atomic E-state index is 0.143. The molecule has 0 amide bonds. The average molecular weight is 398 g/mol. The van der Waals surface area contributed by atoms with E-state index in [4.69, 9.17) is 15.6 Å². The molecule has 1 aromatic heterocycles. The highest BCUT2D eigenvalue weighted by atomic mass is 16.6. The van der Waals surface area contributed by atoms with Crippen molar-refractivity contribution in [3.63, 3.8) is 0 Å². The van der Waals surface area contributed by atoms with Crippen LogP contribution in [0.2, 0.25) is 0 Å². The van der Waals surface area contributed by atoms with E-state index in [0.717, 1.165) is 71.5 Å². The van der Waals surface area contributed by atoms with Gasteiger partial charge in [0.05, 0.1) is 17.1 Å². The molecule has 2 N–H and O–H groups in total. The first-order chi connectivity index (χ1) is 14.7. The second-order valence-corrected chi connectivity index (χ2v) is 8.41. The van der Waals surface area contributed by atoms with Crippen molar-refractivity contribution in [3.05, 3.63) is 77.5 Å². The summed E-state index contributed by atoms with van der Waals surface area (Å²) in [5, 5.41) is 4.28. The lowest BCUT2D eigenvalue weighted by Crippen LogP contribution is -2.43. The van der Waals surface area contributed by atoms with Crippen molar-refractivity contribution in [2.24, 2.45) is 10.9 Å². The molecule has 0 unspecified atom stereocenters. The fourth-order valence-electron chi connectivity index (χ4n) is 4.62. The lowest BCUT2D eigenvalue weighted by atomic mass is 9.72. The molecule has 152 valence electrons. The molecule has 3 aromatic rings. The lowest BCUT2D eigenvalue weighted by Gasteiger charge is -2.38. The average Bonchev–Trinajstić information content (AvgIpc) is 2.78. The molecule has 0 bridgehead atoms. The molecule has 5 rings (SSSR count). The van der Waals surface area contributed by atoms with Gasteiger partial charge in [-0.1, -0.05) is 59.8 Å². The highest BCUT2D eigenvalue weighted by molar-refractivity contribution is 6.03. The lowest BCUT2D eigenvalue weighted by molar-refractivity contribution is 0.212. The Morgan fingerprint density at radius 1 is 0.900 bits per heavy atom. The van der Waals surface area contributed by atoms with Gasteiger partial charge in [-0.2, -0.15) is 0 Å². The van der Waals surface area contributed by atoms with E-state index < -0.39 is 0 Å². The molecule has 0 saturated heterocycles. The van der Waals surface area contributed by atoms with Gasteiger partial charge >= 0.3 is 0 Å². The van der Waals surface area contributed by atoms with E-state index in [1.165, 1.54) is 12.0 Å². The summed E-state index contributed by atoms with van der Waals surface area (Å²) in [6.07, 6.45) is 6.28. The predicted molar refractivity (Wildman–Crippen MR) is 121 cm³/mol. The number of aromatic nitrogens is 1. The number of hydrogen-bond donors (Lipinski definition) is 1. The summed E-state index contributed by atoms with van der Waals surface area (Å²) in [4.78, 5) is 10.3. The monoisotopic (exact) mass is 397 g/mol. The van der Waals surface area contributed by atoms with E-state index in [1.54, 1.807) is 7.11 Å². The summed E-state index contributed by atoms with van der Waals surface area (Å²) in [5.41, 5.74) is 15.2. The zero-order chi connectivity index (χ0) is 20.6. The van der Waals surface area contributed by atoms with Crippen LogP contribution in [0, 0.1) is 0 Å². The van der Waals surface area contributed by atoms with Crippen molar-refractivity contribution in [1.29, 1.82) is 0 Å². The molecule has 0 spiro atoms. The van der Waals surface area contributed by atoms with E-state index in [1.807, 2.05) is 6.07 Å². The third-order valence-corrected chi connectivity index (χ3v) is 6.50. The van der Waals surface area contributed by atoms with Crippen LogP contribution in [0.4, 0.5) is 0 Å². The van der Waals surface area contributed by atoms with Gasteiger partial charge in [-0.3, -0.25) is 4.98 Å². The summed E-state index contributed by atoms with van der Waals surface area (Å²) in [7, 11) is 1.61. The third-order valence-electron chi connectivity index (χ3n) is 6.50. The summed E-state index contributed by atoms with van der Waals surface area (Å²) in [6.45, 7) is 0. The normalized spacial score (nSPS) is 18.5. The van der Waals surface area contributed by atoms with Crippen molar-refractivity contribution in [2.45, 2.75) is 44.1 Å². The molecular formula is C26H27N3O. The number of rotatable bonds is 4. The molecule has 1 fully saturated rings. The molecule has 0 atom stereocenters. The van der Waals surface area contributed by atoms with E-state index >= 15 is 0 Å². The largest absolute Gasteiger partial charge is 0.399 e. The topological polar surface area (TPSA) is 60.5 Å². The van der Waals surface area contributed by atoms with Crippen molar-refractivity contribution in [3.8, 4) is 22.4 Å². The Morgan fingerprint density at radius 2 is 1.67 bits per heavy atom. The molecule has 1 heterocycles. The number of nitrogens with zero attached hydrogens (tertiary/aromatic N) is 2. The van der Waals surface area contributed by atoms with Gasteiger partial charge in [0.2, 0.25) is 0 Å². The second-order valence-electron chi connectivity index (χ2n) is 8.41. The first-order valence-corrected chi connectivity index (χ1v) is 10.8. The molecule has 4 nitrogen and oxygen atoms in total. The molecule has 4 heteroatoms. The Bertz CT molecular complexity index is 1080. The van der Waals surface area contributed by atoms with Crippen LogP contribution in [-0.2, 0) is 16.8 Å². The Morgan fingerprint density at radius 3 is 2.33 bits per heavy atom. The number of oxime groups is 1. The van der Waals surface area contributed by atoms with Crippen molar-refractivity contribution >= 4 is 5.71 Å². The van der Waals surface area contributed by atoms with E-state index in [-0.39, 0.29) is 5.54 Å². The smallest absolute Gasteiger partial charge is 0.106 e.